The zero-order chi connectivity index (χ0) is 13.4. The number of aromatic nitrogens is 2. The minimum absolute atomic E-state index is 0.0549. The summed E-state index contributed by atoms with van der Waals surface area (Å²) in [6.07, 6.45) is 1.78. The van der Waals surface area contributed by atoms with Gasteiger partial charge in [0.1, 0.15) is 5.15 Å². The fourth-order valence-electron chi connectivity index (χ4n) is 2.14. The highest BCUT2D eigenvalue weighted by atomic mass is 35.5. The Bertz CT molecular complexity index is 714. The number of benzene rings is 1. The maximum atomic E-state index is 12.3. The lowest BCUT2D eigenvalue weighted by Crippen LogP contribution is -2.39. The highest BCUT2D eigenvalue weighted by Gasteiger charge is 2.27. The van der Waals surface area contributed by atoms with E-state index in [2.05, 4.69) is 0 Å². The molecule has 98 valence electrons. The normalized spacial score (nSPS) is 14.6. The van der Waals surface area contributed by atoms with Crippen LogP contribution >= 0.6 is 11.6 Å². The van der Waals surface area contributed by atoms with Crippen molar-refractivity contribution in [1.82, 2.24) is 9.13 Å². The molecule has 4 nitrogen and oxygen atoms in total. The molecule has 3 rings (SSSR count). The second kappa shape index (κ2) is 4.70. The number of halogens is 1. The summed E-state index contributed by atoms with van der Waals surface area (Å²) in [5, 5.41) is 0.191. The Morgan fingerprint density at radius 2 is 1.84 bits per heavy atom. The maximum absolute atomic E-state index is 12.3. The van der Waals surface area contributed by atoms with Crippen molar-refractivity contribution in [2.24, 2.45) is 0 Å². The minimum Gasteiger partial charge on any atom is -0.279 e. The van der Waals surface area contributed by atoms with Crippen molar-refractivity contribution in [2.45, 2.75) is 25.4 Å². The van der Waals surface area contributed by atoms with Crippen LogP contribution in [-0.4, -0.2) is 9.13 Å². The van der Waals surface area contributed by atoms with Crippen molar-refractivity contribution in [3.05, 3.63) is 68.0 Å². The van der Waals surface area contributed by atoms with Crippen LogP contribution in [0.1, 0.15) is 24.4 Å². The molecule has 2 aromatic rings. The molecule has 0 aliphatic heterocycles. The molecule has 1 aromatic heterocycles. The van der Waals surface area contributed by atoms with Gasteiger partial charge in [-0.25, -0.2) is 4.79 Å². The topological polar surface area (TPSA) is 44.0 Å². The smallest absolute Gasteiger partial charge is 0.279 e. The summed E-state index contributed by atoms with van der Waals surface area (Å²) in [6.45, 7) is 0.380. The van der Waals surface area contributed by atoms with Gasteiger partial charge in [0.15, 0.2) is 0 Å². The SMILES string of the molecule is O=c1cc(Cl)n(Cc2ccccc2)c(=O)n1C1CC1. The van der Waals surface area contributed by atoms with Gasteiger partial charge in [0.25, 0.3) is 5.56 Å². The number of rotatable bonds is 3. The molecule has 1 fully saturated rings. The molecule has 1 saturated carbocycles. The van der Waals surface area contributed by atoms with Crippen molar-refractivity contribution < 1.29 is 0 Å². The zero-order valence-corrected chi connectivity index (χ0v) is 11.0. The monoisotopic (exact) mass is 276 g/mol. The molecule has 0 amide bonds. The lowest BCUT2D eigenvalue weighted by molar-refractivity contribution is 0.587. The molecule has 1 aliphatic rings. The van der Waals surface area contributed by atoms with Crippen molar-refractivity contribution in [3.8, 4) is 0 Å². The lowest BCUT2D eigenvalue weighted by atomic mass is 10.2. The first-order valence-corrected chi connectivity index (χ1v) is 6.60. The molecule has 0 unspecified atom stereocenters. The van der Waals surface area contributed by atoms with E-state index in [1.807, 2.05) is 30.3 Å². The van der Waals surface area contributed by atoms with Crippen LogP contribution in [0.25, 0.3) is 0 Å². The summed E-state index contributed by atoms with van der Waals surface area (Å²) < 4.78 is 2.76. The molecule has 19 heavy (non-hydrogen) atoms. The molecular weight excluding hydrogens is 264 g/mol. The van der Waals surface area contributed by atoms with Gasteiger partial charge in [0.2, 0.25) is 0 Å². The van der Waals surface area contributed by atoms with Gasteiger partial charge in [-0.3, -0.25) is 13.9 Å². The first-order chi connectivity index (χ1) is 9.16. The fraction of sp³-hybridized carbons (Fsp3) is 0.286. The van der Waals surface area contributed by atoms with Crippen LogP contribution in [-0.2, 0) is 6.54 Å². The Labute approximate surface area is 114 Å². The molecule has 0 spiro atoms. The standard InChI is InChI=1S/C14H13ClN2O2/c15-12-8-13(18)17(11-6-7-11)14(19)16(12)9-10-4-2-1-3-5-10/h1-5,8,11H,6-7,9H2. The molecule has 5 heteroatoms. The molecule has 0 radical (unpaired) electrons. The van der Waals surface area contributed by atoms with E-state index >= 15 is 0 Å². The van der Waals surface area contributed by atoms with E-state index in [0.29, 0.717) is 6.54 Å². The Kier molecular flexibility index (Phi) is 3.03. The Hall–Kier alpha value is -1.81. The van der Waals surface area contributed by atoms with Gasteiger partial charge in [0.05, 0.1) is 6.54 Å². The molecule has 1 aromatic carbocycles. The Balaban J connectivity index is 2.08. The van der Waals surface area contributed by atoms with E-state index in [1.165, 1.54) is 15.2 Å². The van der Waals surface area contributed by atoms with E-state index in [0.717, 1.165) is 18.4 Å². The average molecular weight is 277 g/mol. The minimum atomic E-state index is -0.316. The van der Waals surface area contributed by atoms with E-state index in [9.17, 15) is 9.59 Å². The highest BCUT2D eigenvalue weighted by Crippen LogP contribution is 2.32. The predicted molar refractivity (Wildman–Crippen MR) is 73.8 cm³/mol. The summed E-state index contributed by atoms with van der Waals surface area (Å²) >= 11 is 6.03. The van der Waals surface area contributed by atoms with E-state index in [1.54, 1.807) is 0 Å². The van der Waals surface area contributed by atoms with Gasteiger partial charge < -0.3 is 0 Å². The summed E-state index contributed by atoms with van der Waals surface area (Å²) in [5.74, 6) is 0. The molecular formula is C14H13ClN2O2. The summed E-state index contributed by atoms with van der Waals surface area (Å²) in [6, 6.07) is 11.0. The van der Waals surface area contributed by atoms with Crippen LogP contribution in [0.4, 0.5) is 0 Å². The second-order valence-corrected chi connectivity index (χ2v) is 5.15. The first-order valence-electron chi connectivity index (χ1n) is 6.22. The van der Waals surface area contributed by atoms with Gasteiger partial charge >= 0.3 is 5.69 Å². The van der Waals surface area contributed by atoms with Crippen LogP contribution < -0.4 is 11.2 Å². The lowest BCUT2D eigenvalue weighted by Gasteiger charge is -2.11. The van der Waals surface area contributed by atoms with Crippen molar-refractivity contribution in [1.29, 1.82) is 0 Å². The van der Waals surface area contributed by atoms with Gasteiger partial charge in [-0.15, -0.1) is 0 Å². The van der Waals surface area contributed by atoms with Crippen LogP contribution in [0.15, 0.2) is 46.0 Å². The Morgan fingerprint density at radius 1 is 1.16 bits per heavy atom. The average Bonchev–Trinajstić information content (AvgIpc) is 3.20. The molecule has 0 saturated heterocycles. The van der Waals surface area contributed by atoms with E-state index < -0.39 is 0 Å². The third kappa shape index (κ3) is 2.36. The van der Waals surface area contributed by atoms with Crippen LogP contribution in [0, 0.1) is 0 Å². The Morgan fingerprint density at radius 3 is 2.47 bits per heavy atom. The zero-order valence-electron chi connectivity index (χ0n) is 10.3. The van der Waals surface area contributed by atoms with Crippen LogP contribution in [0.5, 0.6) is 0 Å². The molecule has 0 atom stereocenters. The summed E-state index contributed by atoms with van der Waals surface area (Å²) in [7, 11) is 0. The highest BCUT2D eigenvalue weighted by molar-refractivity contribution is 6.29. The summed E-state index contributed by atoms with van der Waals surface area (Å²) in [4.78, 5) is 24.2. The van der Waals surface area contributed by atoms with Crippen molar-refractivity contribution in [2.75, 3.05) is 0 Å². The second-order valence-electron chi connectivity index (χ2n) is 4.76. The first kappa shape index (κ1) is 12.2. The van der Waals surface area contributed by atoms with E-state index in [4.69, 9.17) is 11.6 Å². The molecule has 1 heterocycles. The van der Waals surface area contributed by atoms with Crippen LogP contribution in [0.2, 0.25) is 5.15 Å². The molecule has 0 bridgehead atoms. The number of hydrogen-bond acceptors (Lipinski definition) is 2. The van der Waals surface area contributed by atoms with E-state index in [-0.39, 0.29) is 22.4 Å². The van der Waals surface area contributed by atoms with Crippen molar-refractivity contribution in [3.63, 3.8) is 0 Å². The fourth-order valence-corrected chi connectivity index (χ4v) is 2.37. The third-order valence-electron chi connectivity index (χ3n) is 3.27. The van der Waals surface area contributed by atoms with Crippen molar-refractivity contribution >= 4 is 11.6 Å². The predicted octanol–water partition coefficient (Wildman–Crippen LogP) is 2.05. The van der Waals surface area contributed by atoms with Gasteiger partial charge in [0, 0.05) is 12.1 Å². The van der Waals surface area contributed by atoms with Gasteiger partial charge in [-0.05, 0) is 18.4 Å². The third-order valence-corrected chi connectivity index (χ3v) is 3.58. The molecule has 1 aliphatic carbocycles. The number of hydrogen-bond donors (Lipinski definition) is 0. The van der Waals surface area contributed by atoms with Gasteiger partial charge in [-0.1, -0.05) is 41.9 Å². The number of nitrogens with zero attached hydrogens (tertiary/aromatic N) is 2. The van der Waals surface area contributed by atoms with Crippen LogP contribution in [0.3, 0.4) is 0 Å². The molecule has 0 N–H and O–H groups in total. The quantitative estimate of drug-likeness (QED) is 0.806. The maximum Gasteiger partial charge on any atom is 0.332 e. The largest absolute Gasteiger partial charge is 0.332 e. The summed E-state index contributed by atoms with van der Waals surface area (Å²) in [5.41, 5.74) is 0.359. The van der Waals surface area contributed by atoms with Gasteiger partial charge in [-0.2, -0.15) is 0 Å².